The molecule has 1 aliphatic heterocycles. The van der Waals surface area contributed by atoms with Gasteiger partial charge in [0.15, 0.2) is 11.4 Å². The molecule has 4 N–H and O–H groups in total. The van der Waals surface area contributed by atoms with Crippen molar-refractivity contribution in [1.82, 2.24) is 4.90 Å². The fourth-order valence-electron chi connectivity index (χ4n) is 3.48. The third-order valence-corrected chi connectivity index (χ3v) is 5.75. The maximum absolute atomic E-state index is 12.0. The van der Waals surface area contributed by atoms with Crippen molar-refractivity contribution in [3.63, 3.8) is 0 Å². The Morgan fingerprint density at radius 1 is 1.03 bits per heavy atom. The van der Waals surface area contributed by atoms with E-state index in [-0.39, 0.29) is 17.7 Å². The highest BCUT2D eigenvalue weighted by Gasteiger charge is 2.40. The van der Waals surface area contributed by atoms with Gasteiger partial charge in [0.25, 0.3) is 0 Å². The van der Waals surface area contributed by atoms with Crippen LogP contribution in [0.4, 0.5) is 0 Å². The number of rotatable bonds is 12. The van der Waals surface area contributed by atoms with Crippen molar-refractivity contribution < 1.29 is 49.1 Å². The first-order valence-corrected chi connectivity index (χ1v) is 12.0. The summed E-state index contributed by atoms with van der Waals surface area (Å²) in [5.74, 6) is -4.98. The lowest BCUT2D eigenvalue weighted by Crippen LogP contribution is -2.42. The van der Waals surface area contributed by atoms with Gasteiger partial charge in [-0.05, 0) is 56.6 Å². The minimum absolute atomic E-state index is 0.0155. The van der Waals surface area contributed by atoms with Crippen molar-refractivity contribution in [2.24, 2.45) is 5.92 Å². The summed E-state index contributed by atoms with van der Waals surface area (Å²) in [6, 6.07) is 7.37. The molecule has 1 fully saturated rings. The van der Waals surface area contributed by atoms with Crippen molar-refractivity contribution in [1.29, 1.82) is 0 Å². The summed E-state index contributed by atoms with van der Waals surface area (Å²) in [5, 5.41) is 34.5. The van der Waals surface area contributed by atoms with Gasteiger partial charge >= 0.3 is 23.9 Å². The number of ether oxygens (including phenoxy) is 1. The van der Waals surface area contributed by atoms with Crippen molar-refractivity contribution >= 4 is 47.3 Å². The number of aliphatic carboxylic acids is 3. The number of likely N-dealkylation sites (tertiary alicyclic amines) is 1. The van der Waals surface area contributed by atoms with E-state index < -0.39 is 36.4 Å². The van der Waals surface area contributed by atoms with Gasteiger partial charge in [-0.15, -0.1) is 0 Å². The first-order valence-electron chi connectivity index (χ1n) is 11.6. The average molecular weight is 542 g/mol. The average Bonchev–Trinajstić information content (AvgIpc) is 2.82. The van der Waals surface area contributed by atoms with E-state index in [2.05, 4.69) is 4.90 Å². The monoisotopic (exact) mass is 541 g/mol. The van der Waals surface area contributed by atoms with E-state index >= 15 is 0 Å². The van der Waals surface area contributed by atoms with E-state index in [0.29, 0.717) is 18.1 Å². The molecule has 0 unspecified atom stereocenters. The van der Waals surface area contributed by atoms with Crippen molar-refractivity contribution in [2.75, 3.05) is 26.2 Å². The van der Waals surface area contributed by atoms with E-state index in [4.69, 9.17) is 36.8 Å². The SMILES string of the molecule is CCOC(=O)C1CCN(CCC(=O)/C=C/c2ccc(Cl)cc2)CC1.O=C(O)CC(O)(CC(=O)O)C(=O)O. The second-order valence-electron chi connectivity index (χ2n) is 8.45. The zero-order chi connectivity index (χ0) is 28.0. The number of piperidine rings is 1. The first kappa shape index (κ1) is 31.7. The summed E-state index contributed by atoms with van der Waals surface area (Å²) in [5.41, 5.74) is -1.78. The molecule has 0 aliphatic carbocycles. The highest BCUT2D eigenvalue weighted by molar-refractivity contribution is 6.30. The molecule has 0 amide bonds. The van der Waals surface area contributed by atoms with Gasteiger partial charge < -0.3 is 30.1 Å². The molecule has 1 aliphatic rings. The van der Waals surface area contributed by atoms with Crippen LogP contribution in [0.2, 0.25) is 5.02 Å². The standard InChI is InChI=1S/C19H24ClNO3.C6H8O7/c1-2-24-19(23)16-9-12-21(13-10-16)14-11-18(22)8-5-15-3-6-17(20)7-4-15;7-3(8)1-6(13,5(11)12)2-4(9)10/h3-8,16H,2,9-14H2,1H3;13H,1-2H2,(H,7,8)(H,9,10)(H,11,12)/b8-5+;. The topological polar surface area (TPSA) is 179 Å². The number of esters is 1. The number of halogens is 1. The van der Waals surface area contributed by atoms with Crippen LogP contribution in [0, 0.1) is 5.92 Å². The van der Waals surface area contributed by atoms with Crippen LogP contribution in [-0.4, -0.2) is 86.8 Å². The van der Waals surface area contributed by atoms with Gasteiger partial charge in [0.1, 0.15) is 0 Å². The van der Waals surface area contributed by atoms with E-state index in [1.165, 1.54) is 0 Å². The number of hydrogen-bond donors (Lipinski definition) is 4. The molecule has 1 aromatic rings. The predicted molar refractivity (Wildman–Crippen MR) is 133 cm³/mol. The molecule has 0 atom stereocenters. The minimum Gasteiger partial charge on any atom is -0.481 e. The van der Waals surface area contributed by atoms with Gasteiger partial charge in [-0.1, -0.05) is 29.8 Å². The molecule has 204 valence electrons. The zero-order valence-corrected chi connectivity index (χ0v) is 21.2. The van der Waals surface area contributed by atoms with Crippen LogP contribution in [0.15, 0.2) is 30.3 Å². The van der Waals surface area contributed by atoms with Crippen LogP contribution in [-0.2, 0) is 28.7 Å². The number of carbonyl (C=O) groups excluding carboxylic acids is 2. The number of hydrogen-bond acceptors (Lipinski definition) is 8. The van der Waals surface area contributed by atoms with Crippen LogP contribution in [0.5, 0.6) is 0 Å². The van der Waals surface area contributed by atoms with Gasteiger partial charge in [-0.2, -0.15) is 0 Å². The van der Waals surface area contributed by atoms with Crippen LogP contribution in [0.25, 0.3) is 6.08 Å². The van der Waals surface area contributed by atoms with Crippen LogP contribution in [0.1, 0.15) is 44.6 Å². The summed E-state index contributed by atoms with van der Waals surface area (Å²) in [4.78, 5) is 56.4. The van der Waals surface area contributed by atoms with E-state index in [9.17, 15) is 24.0 Å². The third-order valence-electron chi connectivity index (χ3n) is 5.50. The molecule has 0 saturated carbocycles. The zero-order valence-electron chi connectivity index (χ0n) is 20.5. The quantitative estimate of drug-likeness (QED) is 0.225. The second kappa shape index (κ2) is 15.7. The Morgan fingerprint density at radius 2 is 1.57 bits per heavy atom. The van der Waals surface area contributed by atoms with Crippen molar-refractivity contribution in [2.45, 2.75) is 44.6 Å². The number of ketones is 1. The van der Waals surface area contributed by atoms with Crippen molar-refractivity contribution in [3.05, 3.63) is 40.9 Å². The number of carboxylic acids is 3. The molecular formula is C25H32ClNO10. The van der Waals surface area contributed by atoms with Crippen molar-refractivity contribution in [3.8, 4) is 0 Å². The molecule has 0 aromatic heterocycles. The first-order chi connectivity index (χ1) is 17.4. The van der Waals surface area contributed by atoms with Gasteiger partial charge in [0.2, 0.25) is 0 Å². The number of carbonyl (C=O) groups is 5. The lowest BCUT2D eigenvalue weighted by Gasteiger charge is -2.30. The smallest absolute Gasteiger partial charge is 0.336 e. The maximum atomic E-state index is 12.0. The largest absolute Gasteiger partial charge is 0.481 e. The summed E-state index contributed by atoms with van der Waals surface area (Å²) >= 11 is 5.83. The summed E-state index contributed by atoms with van der Waals surface area (Å²) in [6.45, 7) is 4.69. The molecule has 2 rings (SSSR count). The summed E-state index contributed by atoms with van der Waals surface area (Å²) in [7, 11) is 0. The predicted octanol–water partition coefficient (Wildman–Crippen LogP) is 2.34. The number of aliphatic hydroxyl groups is 1. The molecule has 1 aromatic carbocycles. The maximum Gasteiger partial charge on any atom is 0.336 e. The summed E-state index contributed by atoms with van der Waals surface area (Å²) in [6.07, 6.45) is 3.26. The Balaban J connectivity index is 0.000000448. The molecule has 12 heteroatoms. The van der Waals surface area contributed by atoms with E-state index in [1.807, 2.05) is 25.1 Å². The van der Waals surface area contributed by atoms with Gasteiger partial charge in [-0.25, -0.2) is 4.79 Å². The fourth-order valence-corrected chi connectivity index (χ4v) is 3.61. The highest BCUT2D eigenvalue weighted by atomic mass is 35.5. The molecule has 0 radical (unpaired) electrons. The normalized spacial score (nSPS) is 14.5. The Kier molecular flexibility index (Phi) is 13.5. The highest BCUT2D eigenvalue weighted by Crippen LogP contribution is 2.19. The number of carboxylic acid groups (broad SMARTS) is 3. The molecule has 1 heterocycles. The fraction of sp³-hybridized carbons (Fsp3) is 0.480. The third kappa shape index (κ3) is 12.5. The minimum atomic E-state index is -2.74. The Bertz CT molecular complexity index is 952. The second-order valence-corrected chi connectivity index (χ2v) is 8.88. The van der Waals surface area contributed by atoms with E-state index in [1.54, 1.807) is 18.2 Å². The Labute approximate surface area is 219 Å². The number of benzene rings is 1. The lowest BCUT2D eigenvalue weighted by atomic mass is 9.96. The number of allylic oxidation sites excluding steroid dienone is 1. The lowest BCUT2D eigenvalue weighted by molar-refractivity contribution is -0.170. The van der Waals surface area contributed by atoms with E-state index in [0.717, 1.165) is 38.0 Å². The van der Waals surface area contributed by atoms with Gasteiger partial charge in [0.05, 0.1) is 25.4 Å². The molecule has 1 saturated heterocycles. The molecule has 0 bridgehead atoms. The Morgan fingerprint density at radius 3 is 2.03 bits per heavy atom. The number of nitrogens with zero attached hydrogens (tertiary/aromatic N) is 1. The molecular weight excluding hydrogens is 510 g/mol. The molecule has 0 spiro atoms. The van der Waals surface area contributed by atoms with Crippen LogP contribution >= 0.6 is 11.6 Å². The summed E-state index contributed by atoms with van der Waals surface area (Å²) < 4.78 is 5.07. The Hall–Kier alpha value is -3.28. The van der Waals surface area contributed by atoms with Crippen LogP contribution in [0.3, 0.4) is 0 Å². The van der Waals surface area contributed by atoms with Gasteiger partial charge in [-0.3, -0.25) is 19.2 Å². The molecule has 11 nitrogen and oxygen atoms in total. The molecule has 37 heavy (non-hydrogen) atoms. The van der Waals surface area contributed by atoms with Gasteiger partial charge in [0, 0.05) is 18.0 Å². The van der Waals surface area contributed by atoms with Crippen LogP contribution < -0.4 is 0 Å².